The van der Waals surface area contributed by atoms with E-state index in [2.05, 4.69) is 28.2 Å². The predicted octanol–water partition coefficient (Wildman–Crippen LogP) is 3.43. The smallest absolute Gasteiger partial charge is 0.399 e. The molecular formula is C22H29ClN4O3S2. The summed E-state index contributed by atoms with van der Waals surface area (Å²) in [6.45, 7) is 3.27. The summed E-state index contributed by atoms with van der Waals surface area (Å²) in [6.07, 6.45) is 2.16. The van der Waals surface area contributed by atoms with Crippen LogP contribution in [0.3, 0.4) is 0 Å². The normalized spacial score (nSPS) is 21.5. The van der Waals surface area contributed by atoms with Gasteiger partial charge in [0.05, 0.1) is 15.3 Å². The van der Waals surface area contributed by atoms with Crippen molar-refractivity contribution in [1.29, 1.82) is 0 Å². The average Bonchev–Trinajstić information content (AvgIpc) is 3.40. The fourth-order valence-electron chi connectivity index (χ4n) is 4.36. The maximum absolute atomic E-state index is 13.5. The number of hydrogen-bond donors (Lipinski definition) is 1. The van der Waals surface area contributed by atoms with Crippen LogP contribution < -0.4 is 10.1 Å². The molecular weight excluding hydrogens is 468 g/mol. The zero-order valence-electron chi connectivity index (χ0n) is 18.6. The molecule has 2 aliphatic rings. The molecule has 174 valence electrons. The average molecular weight is 497 g/mol. The second-order valence-corrected chi connectivity index (χ2v) is 11.6. The lowest BCUT2D eigenvalue weighted by molar-refractivity contribution is 0.0718. The molecule has 2 amide bonds. The Bertz CT molecular complexity index is 951. The predicted molar refractivity (Wildman–Crippen MR) is 129 cm³/mol. The molecule has 0 aliphatic carbocycles. The maximum Gasteiger partial charge on any atom is 0.413 e. The summed E-state index contributed by atoms with van der Waals surface area (Å²) >= 11 is 8.75. The minimum Gasteiger partial charge on any atom is -0.399 e. The molecule has 4 heterocycles. The van der Waals surface area contributed by atoms with E-state index >= 15 is 0 Å². The van der Waals surface area contributed by atoms with Gasteiger partial charge in [0.15, 0.2) is 5.06 Å². The topological polar surface area (TPSA) is 65.1 Å². The highest BCUT2D eigenvalue weighted by Crippen LogP contribution is 2.30. The summed E-state index contributed by atoms with van der Waals surface area (Å²) in [5.74, 6) is 0.0611. The highest BCUT2D eigenvalue weighted by atomic mass is 35.5. The van der Waals surface area contributed by atoms with Crippen molar-refractivity contribution >= 4 is 46.3 Å². The van der Waals surface area contributed by atoms with Crippen LogP contribution in [0.15, 0.2) is 18.2 Å². The summed E-state index contributed by atoms with van der Waals surface area (Å²) < 4.78 is 5.90. The number of hydrogen-bond acceptors (Lipinski definition) is 7. The third-order valence-corrected chi connectivity index (χ3v) is 8.24. The lowest BCUT2D eigenvalue weighted by Gasteiger charge is -2.26. The Balaban J connectivity index is 1.43. The van der Waals surface area contributed by atoms with E-state index in [1.54, 1.807) is 23.5 Å². The van der Waals surface area contributed by atoms with E-state index < -0.39 is 6.09 Å². The molecule has 2 aromatic heterocycles. The van der Waals surface area contributed by atoms with Crippen LogP contribution in [0, 0.1) is 0 Å². The zero-order chi connectivity index (χ0) is 22.8. The molecule has 1 N–H and O–H groups in total. The largest absolute Gasteiger partial charge is 0.413 e. The molecule has 2 aromatic rings. The van der Waals surface area contributed by atoms with Crippen LogP contribution in [-0.2, 0) is 12.8 Å². The number of rotatable bonds is 5. The highest BCUT2D eigenvalue weighted by Gasteiger charge is 2.37. The molecule has 1 fully saturated rings. The van der Waals surface area contributed by atoms with Crippen LogP contribution in [0.2, 0.25) is 4.34 Å². The zero-order valence-corrected chi connectivity index (χ0v) is 21.0. The third kappa shape index (κ3) is 5.63. The molecule has 0 unspecified atom stereocenters. The summed E-state index contributed by atoms with van der Waals surface area (Å²) in [7, 11) is 6.15. The molecule has 0 saturated carbocycles. The Morgan fingerprint density at radius 3 is 2.75 bits per heavy atom. The van der Waals surface area contributed by atoms with Crippen LogP contribution in [0.5, 0.6) is 5.06 Å². The Morgan fingerprint density at radius 2 is 2.03 bits per heavy atom. The van der Waals surface area contributed by atoms with E-state index in [1.165, 1.54) is 21.8 Å². The van der Waals surface area contributed by atoms with Gasteiger partial charge in [-0.15, -0.1) is 11.3 Å². The van der Waals surface area contributed by atoms with Gasteiger partial charge in [-0.25, -0.2) is 4.79 Å². The van der Waals surface area contributed by atoms with Crippen molar-refractivity contribution in [2.24, 2.45) is 0 Å². The number of nitrogens with one attached hydrogen (secondary N) is 1. The van der Waals surface area contributed by atoms with Gasteiger partial charge in [0, 0.05) is 37.1 Å². The summed E-state index contributed by atoms with van der Waals surface area (Å²) in [5, 5.41) is 3.38. The van der Waals surface area contributed by atoms with Crippen LogP contribution >= 0.6 is 34.3 Å². The Kier molecular flexibility index (Phi) is 7.41. The molecule has 32 heavy (non-hydrogen) atoms. The van der Waals surface area contributed by atoms with E-state index in [1.807, 2.05) is 19.0 Å². The number of nitrogens with zero attached hydrogens (tertiary/aromatic N) is 3. The first-order valence-corrected chi connectivity index (χ1v) is 12.8. The first kappa shape index (κ1) is 23.5. The molecule has 0 spiro atoms. The standard InChI is InChI=1S/C22H29ClN4O3S2/c1-25(2)13-16-11-15(24-22(29)30-20-5-4-19(23)32-20)12-27(16)21(28)18-10-14-6-8-26(3)9-7-17(14)31-18/h4-5,10,15-16H,6-9,11-13H2,1-3H3,(H,24,29)/t15-,16+/m1/s1. The van der Waals surface area contributed by atoms with Crippen LogP contribution in [0.4, 0.5) is 4.79 Å². The molecule has 0 aromatic carbocycles. The van der Waals surface area contributed by atoms with Gasteiger partial charge in [0.1, 0.15) is 0 Å². The minimum absolute atomic E-state index is 0.0343. The first-order chi connectivity index (χ1) is 15.3. The van der Waals surface area contributed by atoms with Crippen molar-refractivity contribution in [2.45, 2.75) is 31.3 Å². The molecule has 7 nitrogen and oxygen atoms in total. The van der Waals surface area contributed by atoms with Gasteiger partial charge < -0.3 is 24.8 Å². The van der Waals surface area contributed by atoms with Crippen molar-refractivity contribution in [3.63, 3.8) is 0 Å². The molecule has 2 atom stereocenters. The van der Waals surface area contributed by atoms with E-state index in [0.717, 1.165) is 37.4 Å². The van der Waals surface area contributed by atoms with E-state index in [9.17, 15) is 9.59 Å². The Morgan fingerprint density at radius 1 is 1.25 bits per heavy atom. The number of likely N-dealkylation sites (tertiary alicyclic amines) is 1. The van der Waals surface area contributed by atoms with Gasteiger partial charge in [-0.2, -0.15) is 0 Å². The second-order valence-electron chi connectivity index (χ2n) is 8.76. The third-order valence-electron chi connectivity index (χ3n) is 5.91. The first-order valence-electron chi connectivity index (χ1n) is 10.8. The number of likely N-dealkylation sites (N-methyl/N-ethyl adjacent to an activating group) is 2. The number of amides is 2. The molecule has 2 aliphatic heterocycles. The molecule has 0 radical (unpaired) electrons. The van der Waals surface area contributed by atoms with Crippen molar-refractivity contribution in [3.8, 4) is 5.06 Å². The quantitative estimate of drug-likeness (QED) is 0.687. The monoisotopic (exact) mass is 496 g/mol. The fourth-order valence-corrected chi connectivity index (χ4v) is 6.39. The van der Waals surface area contributed by atoms with Gasteiger partial charge >= 0.3 is 6.09 Å². The van der Waals surface area contributed by atoms with E-state index in [-0.39, 0.29) is 18.0 Å². The lowest BCUT2D eigenvalue weighted by atomic mass is 10.1. The number of carbonyl (C=O) groups is 2. The number of fused-ring (bicyclic) bond motifs is 1. The highest BCUT2D eigenvalue weighted by molar-refractivity contribution is 7.17. The van der Waals surface area contributed by atoms with Crippen molar-refractivity contribution in [1.82, 2.24) is 20.0 Å². The summed E-state index contributed by atoms with van der Waals surface area (Å²) in [4.78, 5) is 34.3. The molecule has 4 rings (SSSR count). The van der Waals surface area contributed by atoms with Crippen LogP contribution in [-0.4, -0.2) is 86.1 Å². The van der Waals surface area contributed by atoms with Crippen molar-refractivity contribution < 1.29 is 14.3 Å². The van der Waals surface area contributed by atoms with Gasteiger partial charge in [0.25, 0.3) is 5.91 Å². The van der Waals surface area contributed by atoms with Gasteiger partial charge in [-0.05, 0) is 64.2 Å². The Hall–Kier alpha value is -1.65. The number of thiophene rings is 2. The number of ether oxygens (including phenoxy) is 1. The maximum atomic E-state index is 13.5. The second kappa shape index (κ2) is 10.1. The molecule has 10 heteroatoms. The van der Waals surface area contributed by atoms with Crippen LogP contribution in [0.25, 0.3) is 0 Å². The van der Waals surface area contributed by atoms with Gasteiger partial charge in [0.2, 0.25) is 0 Å². The van der Waals surface area contributed by atoms with E-state index in [0.29, 0.717) is 22.4 Å². The summed E-state index contributed by atoms with van der Waals surface area (Å²) in [5.41, 5.74) is 1.30. The van der Waals surface area contributed by atoms with Crippen molar-refractivity contribution in [3.05, 3.63) is 37.9 Å². The van der Waals surface area contributed by atoms with Crippen molar-refractivity contribution in [2.75, 3.05) is 47.3 Å². The lowest BCUT2D eigenvalue weighted by Crippen LogP contribution is -2.42. The number of carbonyl (C=O) groups excluding carboxylic acids is 2. The number of halogens is 1. The summed E-state index contributed by atoms with van der Waals surface area (Å²) in [6, 6.07) is 5.33. The molecule has 0 bridgehead atoms. The van der Waals surface area contributed by atoms with Gasteiger partial charge in [-0.1, -0.05) is 22.9 Å². The minimum atomic E-state index is -0.515. The molecule has 1 saturated heterocycles. The van der Waals surface area contributed by atoms with Gasteiger partial charge in [-0.3, -0.25) is 4.79 Å². The SMILES string of the molecule is CN(C)C[C@@H]1C[C@@H](NC(=O)Oc2ccc(Cl)s2)CN1C(=O)c1cc2c(s1)CCN(C)CC2. The van der Waals surface area contributed by atoms with E-state index in [4.69, 9.17) is 16.3 Å². The Labute approximate surface area is 201 Å². The van der Waals surface area contributed by atoms with Crippen LogP contribution in [0.1, 0.15) is 26.5 Å². The fraction of sp³-hybridized carbons (Fsp3) is 0.545.